The van der Waals surface area contributed by atoms with Crippen LogP contribution in [0.15, 0.2) is 199 Å². The summed E-state index contributed by atoms with van der Waals surface area (Å²) in [5.41, 5.74) is 23.6. The van der Waals surface area contributed by atoms with E-state index in [1.165, 1.54) is 75.3 Å². The molecule has 2 aromatic heterocycles. The van der Waals surface area contributed by atoms with Gasteiger partial charge in [-0.3, -0.25) is 14.9 Å². The van der Waals surface area contributed by atoms with Crippen LogP contribution in [0, 0.1) is 19.9 Å². The van der Waals surface area contributed by atoms with Crippen LogP contribution in [0.5, 0.6) is 11.5 Å². The number of hydrogen-bond donors (Lipinski definition) is 4. The molecule has 0 radical (unpaired) electrons. The number of aromatic amines is 1. The normalized spacial score (nSPS) is 16.4. The predicted octanol–water partition coefficient (Wildman–Crippen LogP) is 25.3. The van der Waals surface area contributed by atoms with Crippen molar-refractivity contribution in [3.63, 3.8) is 0 Å². The third-order valence-electron chi connectivity index (χ3n) is 25.1. The molecule has 0 spiro atoms. The molecule has 5 fully saturated rings. The van der Waals surface area contributed by atoms with Crippen LogP contribution in [0.4, 0.5) is 31.4 Å². The monoisotopic (exact) mass is 1960 g/mol. The van der Waals surface area contributed by atoms with Gasteiger partial charge in [-0.15, -0.1) is 35.9 Å². The minimum absolute atomic E-state index is 0.0428. The SMILES string of the molecule is CC(C)(C)OC(=O)n1cc(B2OC(C)(C)C(C)(C)O2)cn1.CC(C)c1cc(C(C)C)c(-c2cccc(P(C3CCCCC3)C3CCCCC3)c2)c(C(C)C)c1.COc1cccc(C(CC(C)(C)O)N2CCN(c3ccc(-c4cn[nH]c4)c(C)c3)C2=O)c1.COc1cccc(C(CC(C)(C)O)N2CCN(c3ccc(Br)c(C)c3)C2=O)c1.Nc1ccccc1-c1[c-]cccc1.[Cl][Pd+]. The standard InChI is InChI=1S/C33H49P.C25H30N4O3.C22H27BrN2O3.C14H23BN2O4.C12H10N.ClH.Pd/c1-23(2)27-21-31(24(3)4)33(32(22-27)25(5)6)26-14-13-19-30(20-26)34(28-15-9-7-10-16-28)29-17-11-8-12-18-29;1-17-12-20(8-9-22(17)19-15-26-27-16-19)28-10-11-29(24(28)30)23(14-25(2,3)31)18-6-5-7-21(13-18)32-4;1-15-12-17(8-9-19(15)23)24-10-11-25(21(24)26)20(14-22(2,3)27)16-6-5-7-18(13-16)28-4;1-12(2,3)19-11(18)17-9-10(8-16-17)15-20-13(4,5)14(6,7)21-15;13-12-9-5-4-8-11(12)10-6-2-1-3-7-10;;/h13-14,19-25,28-29H,7-12,15-18H2,1-6H3;5-9,12-13,15-16,23,31H,10-11,14H2,1-4H3,(H,26,27);5-9,12-13,20,27H,10-11,14H2,1-4H3;8-9H,1-7H3;1-6,8-9H,13H2;1H;/q;;;;-1;;+2/p-1. The summed E-state index contributed by atoms with van der Waals surface area (Å²) in [7, 11) is 7.14. The average molecular weight is 1960 g/mol. The van der Waals surface area contributed by atoms with Crippen molar-refractivity contribution in [3.8, 4) is 44.9 Å². The number of ether oxygens (including phenoxy) is 3. The molecule has 5 aliphatic rings. The number of methoxy groups -OCH3 is 2. The van der Waals surface area contributed by atoms with Crippen molar-refractivity contribution in [3.05, 3.63) is 244 Å². The van der Waals surface area contributed by atoms with Gasteiger partial charge in [0.2, 0.25) is 0 Å². The molecule has 0 bridgehead atoms. The first-order valence-corrected chi connectivity index (χ1v) is 50.3. The number of para-hydroxylation sites is 1. The Morgan fingerprint density at radius 1 is 0.608 bits per heavy atom. The van der Waals surface area contributed by atoms with Crippen LogP contribution in [-0.4, -0.2) is 145 Å². The van der Waals surface area contributed by atoms with Crippen LogP contribution in [-0.2, 0) is 32.2 Å². The number of nitrogens with one attached hydrogen (secondary N) is 1. The van der Waals surface area contributed by atoms with E-state index in [0.717, 1.165) is 93.5 Å². The number of benzene rings is 8. The third kappa shape index (κ3) is 27.5. The van der Waals surface area contributed by atoms with E-state index in [1.807, 2.05) is 217 Å². The first-order valence-electron chi connectivity index (χ1n) is 46.0. The van der Waals surface area contributed by atoms with Crippen molar-refractivity contribution in [2.24, 2.45) is 0 Å². The van der Waals surface area contributed by atoms with Crippen molar-refractivity contribution in [1.82, 2.24) is 29.8 Å². The number of urea groups is 2. The van der Waals surface area contributed by atoms with E-state index < -0.39 is 41.2 Å². The Labute approximate surface area is 799 Å². The number of nitrogens with two attached hydrogens (primary N) is 1. The Kier molecular flexibility index (Phi) is 36.9. The number of rotatable bonds is 22. The summed E-state index contributed by atoms with van der Waals surface area (Å²) in [6, 6.07) is 60.7. The van der Waals surface area contributed by atoms with Gasteiger partial charge in [0.25, 0.3) is 0 Å². The molecule has 5 N–H and O–H groups in total. The summed E-state index contributed by atoms with van der Waals surface area (Å²) < 4.78 is 30.0. The van der Waals surface area contributed by atoms with E-state index >= 15 is 0 Å². The van der Waals surface area contributed by atoms with Gasteiger partial charge in [-0.05, 0) is 278 Å². The van der Waals surface area contributed by atoms with E-state index in [4.69, 9.17) is 29.3 Å². The summed E-state index contributed by atoms with van der Waals surface area (Å²) in [5, 5.41) is 33.7. The zero-order valence-corrected chi connectivity index (χ0v) is 85.1. The van der Waals surface area contributed by atoms with Crippen LogP contribution in [0.25, 0.3) is 33.4 Å². The Bertz CT molecular complexity index is 5270. The number of H-pyrrole nitrogens is 1. The van der Waals surface area contributed by atoms with Gasteiger partial charge in [-0.2, -0.15) is 14.9 Å². The first kappa shape index (κ1) is 103. The van der Waals surface area contributed by atoms with Crippen molar-refractivity contribution in [2.45, 2.75) is 278 Å². The maximum absolute atomic E-state index is 13.5. The van der Waals surface area contributed by atoms with Crippen molar-refractivity contribution in [2.75, 3.05) is 55.9 Å². The summed E-state index contributed by atoms with van der Waals surface area (Å²) >= 11 is 5.73. The van der Waals surface area contributed by atoms with E-state index in [1.54, 1.807) is 87.4 Å². The topological polar surface area (TPSA) is 223 Å². The van der Waals surface area contributed by atoms with Crippen LogP contribution in [0.3, 0.4) is 0 Å². The molecule has 3 aliphatic heterocycles. The van der Waals surface area contributed by atoms with E-state index in [0.29, 0.717) is 62.2 Å². The predicted molar refractivity (Wildman–Crippen MR) is 535 cm³/mol. The van der Waals surface area contributed by atoms with Crippen molar-refractivity contribution >= 4 is 86.5 Å². The van der Waals surface area contributed by atoms with Crippen LogP contribution < -0.4 is 35.8 Å². The Hall–Kier alpha value is -8.64. The average Bonchev–Trinajstić information content (AvgIpc) is 1.63. The van der Waals surface area contributed by atoms with E-state index in [-0.39, 0.29) is 32.1 Å². The minimum atomic E-state index is -0.926. The molecular formula is C106H139BBrClN9O10PPd. The number of carbonyl (C=O) groups is 3. The van der Waals surface area contributed by atoms with E-state index in [9.17, 15) is 24.6 Å². The number of aliphatic hydroxyl groups is 2. The van der Waals surface area contributed by atoms with Crippen LogP contribution >= 0.6 is 33.4 Å². The van der Waals surface area contributed by atoms with E-state index in [2.05, 4.69) is 143 Å². The number of halogens is 2. The zero-order chi connectivity index (χ0) is 94.7. The molecule has 2 unspecified atom stereocenters. The van der Waals surface area contributed by atoms with Crippen molar-refractivity contribution in [1.29, 1.82) is 0 Å². The van der Waals surface area contributed by atoms with Gasteiger partial charge in [0.1, 0.15) is 17.1 Å². The van der Waals surface area contributed by atoms with Crippen LogP contribution in [0.1, 0.15) is 264 Å². The molecule has 5 heterocycles. The molecule has 3 saturated heterocycles. The number of nitrogen functional groups attached to an aromatic ring is 1. The molecule has 10 aromatic rings. The first-order chi connectivity index (χ1) is 61.6. The fraction of sp³-hybridized carbons (Fsp3) is 0.462. The molecule has 4 amide bonds. The molecule has 15 rings (SSSR count). The van der Waals surface area contributed by atoms with Gasteiger partial charge < -0.3 is 49.3 Å². The molecule has 8 aromatic carbocycles. The number of nitrogens with zero attached hydrogens (tertiary/aromatic N) is 7. The molecule has 700 valence electrons. The second-order valence-corrected chi connectivity index (χ2v) is 42.7. The fourth-order valence-electron chi connectivity index (χ4n) is 17.7. The maximum atomic E-state index is 13.5. The van der Waals surface area contributed by atoms with Gasteiger partial charge >= 0.3 is 53.0 Å². The van der Waals surface area contributed by atoms with Gasteiger partial charge in [-0.1, -0.05) is 188 Å². The summed E-state index contributed by atoms with van der Waals surface area (Å²) in [6.45, 7) is 41.1. The zero-order valence-electron chi connectivity index (χ0n) is 80.3. The molecule has 2 saturated carbocycles. The summed E-state index contributed by atoms with van der Waals surface area (Å²) in [6.07, 6.45) is 21.8. The van der Waals surface area contributed by atoms with Crippen molar-refractivity contribution < 1.29 is 66.3 Å². The molecule has 24 heteroatoms. The number of hydrogen-bond acceptors (Lipinski definition) is 13. The van der Waals surface area contributed by atoms with Gasteiger partial charge in [0.05, 0.1) is 54.9 Å². The van der Waals surface area contributed by atoms with Crippen LogP contribution in [0.2, 0.25) is 0 Å². The number of anilines is 3. The second kappa shape index (κ2) is 46.3. The molecule has 2 atom stereocenters. The molecule has 19 nitrogen and oxygen atoms in total. The number of amides is 4. The molecular weight excluding hydrogens is 1820 g/mol. The van der Waals surface area contributed by atoms with Gasteiger partial charge in [0.15, 0.2) is 0 Å². The number of aryl methyl sites for hydroxylation is 2. The number of aromatic nitrogens is 4. The van der Waals surface area contributed by atoms with Gasteiger partial charge in [-0.25, -0.2) is 14.4 Å². The quantitative estimate of drug-likeness (QED) is 0.0215. The third-order valence-corrected chi connectivity index (χ3v) is 29.5. The summed E-state index contributed by atoms with van der Waals surface area (Å²) in [5.74, 6) is 3.12. The Morgan fingerprint density at radius 2 is 1.12 bits per heavy atom. The Balaban J connectivity index is 0.000000173. The molecule has 2 aliphatic carbocycles. The number of carbonyl (C=O) groups excluding carboxylic acids is 3. The van der Waals surface area contributed by atoms with Gasteiger partial charge in [0, 0.05) is 84.5 Å². The fourth-order valence-corrected chi connectivity index (χ4v) is 21.7. The Morgan fingerprint density at radius 3 is 1.57 bits per heavy atom. The molecule has 130 heavy (non-hydrogen) atoms. The second-order valence-electron chi connectivity index (χ2n) is 39.0. The summed E-state index contributed by atoms with van der Waals surface area (Å²) in [4.78, 5) is 46.1.